The predicted octanol–water partition coefficient (Wildman–Crippen LogP) is 2.72. The maximum Gasteiger partial charge on any atom is 0.218 e. The Balaban J connectivity index is 1.89. The third kappa shape index (κ3) is 2.68. The minimum absolute atomic E-state index is 0.129. The van der Waals surface area contributed by atoms with Crippen LogP contribution in [0.4, 0.5) is 10.1 Å². The molecule has 0 radical (unpaired) electrons. The van der Waals surface area contributed by atoms with Gasteiger partial charge in [0.1, 0.15) is 4.90 Å². The number of aromatic hydroxyl groups is 1. The van der Waals surface area contributed by atoms with Crippen molar-refractivity contribution in [2.45, 2.75) is 48.0 Å². The first-order valence-electron chi connectivity index (χ1n) is 7.71. The molecule has 1 aliphatic carbocycles. The van der Waals surface area contributed by atoms with Gasteiger partial charge in [0.15, 0.2) is 5.75 Å². The maximum atomic E-state index is 15.3. The summed E-state index contributed by atoms with van der Waals surface area (Å²) in [6.07, 6.45) is 3.10. The van der Waals surface area contributed by atoms with Crippen LogP contribution in [0.2, 0.25) is 5.02 Å². The Hall–Kier alpha value is -1.05. The van der Waals surface area contributed by atoms with Crippen LogP contribution >= 0.6 is 11.6 Å². The van der Waals surface area contributed by atoms with Crippen LogP contribution in [-0.4, -0.2) is 42.6 Å². The molecule has 0 spiro atoms. The van der Waals surface area contributed by atoms with E-state index in [2.05, 4.69) is 4.90 Å². The average Bonchev–Trinajstić information content (AvgIpc) is 2.44. The van der Waals surface area contributed by atoms with E-state index in [9.17, 15) is 13.5 Å². The lowest BCUT2D eigenvalue weighted by atomic mass is 9.90. The Morgan fingerprint density at radius 3 is 2.43 bits per heavy atom. The monoisotopic (exact) mass is 362 g/mol. The van der Waals surface area contributed by atoms with Crippen LogP contribution < -0.4 is 5.73 Å². The fraction of sp³-hybridized carbons (Fsp3) is 0.600. The summed E-state index contributed by atoms with van der Waals surface area (Å²) in [6, 6.07) is 3.00. The number of anilines is 1. The van der Waals surface area contributed by atoms with Gasteiger partial charge in [0, 0.05) is 32.0 Å². The number of likely N-dealkylation sites (tertiary alicyclic amines) is 1. The van der Waals surface area contributed by atoms with E-state index in [-0.39, 0.29) is 23.6 Å². The van der Waals surface area contributed by atoms with Crippen molar-refractivity contribution in [1.82, 2.24) is 4.90 Å². The number of piperidine rings is 1. The van der Waals surface area contributed by atoms with Gasteiger partial charge in [-0.15, -0.1) is 0 Å². The van der Waals surface area contributed by atoms with Gasteiger partial charge >= 0.3 is 0 Å². The molecule has 1 saturated heterocycles. The molecule has 3 N–H and O–H groups in total. The van der Waals surface area contributed by atoms with Crippen LogP contribution in [0.3, 0.4) is 0 Å². The normalized spacial score (nSPS) is 22.7. The van der Waals surface area contributed by atoms with Gasteiger partial charge in [-0.2, -0.15) is 0 Å². The number of benzene rings is 1. The SMILES string of the molecule is Nc1ccc(Cl)c(S(=O)(=O)C2(F)CCN(C3CCC3)CC2)c1O. The Morgan fingerprint density at radius 1 is 1.30 bits per heavy atom. The lowest BCUT2D eigenvalue weighted by molar-refractivity contribution is 0.0566. The number of alkyl halides is 1. The summed E-state index contributed by atoms with van der Waals surface area (Å²) in [4.78, 5) is 1.55. The Bertz CT molecular complexity index is 714. The fourth-order valence-corrected chi connectivity index (χ4v) is 5.48. The molecule has 1 heterocycles. The second kappa shape index (κ2) is 5.79. The maximum absolute atomic E-state index is 15.3. The third-order valence-corrected chi connectivity index (χ3v) is 7.75. The quantitative estimate of drug-likeness (QED) is 0.638. The van der Waals surface area contributed by atoms with E-state index in [0.717, 1.165) is 12.8 Å². The Morgan fingerprint density at radius 2 is 1.91 bits per heavy atom. The molecule has 1 aliphatic heterocycles. The summed E-state index contributed by atoms with van der Waals surface area (Å²) in [5.41, 5.74) is 5.41. The molecule has 0 amide bonds. The summed E-state index contributed by atoms with van der Waals surface area (Å²) in [6.45, 7) is 0.780. The minimum Gasteiger partial charge on any atom is -0.504 e. The van der Waals surface area contributed by atoms with Crippen LogP contribution in [0.25, 0.3) is 0 Å². The standard InChI is InChI=1S/C15H20ClFN2O3S/c16-11-4-5-12(18)13(20)14(11)23(21,22)15(17)6-8-19(9-7-15)10-2-1-3-10/h4-5,10,20H,1-3,6-9,18H2. The second-order valence-electron chi connectivity index (χ2n) is 6.32. The van der Waals surface area contributed by atoms with Crippen molar-refractivity contribution in [1.29, 1.82) is 0 Å². The van der Waals surface area contributed by atoms with Crippen molar-refractivity contribution in [2.24, 2.45) is 0 Å². The molecule has 1 aromatic rings. The highest BCUT2D eigenvalue weighted by molar-refractivity contribution is 7.92. The minimum atomic E-state index is -4.44. The zero-order valence-corrected chi connectivity index (χ0v) is 14.2. The van der Waals surface area contributed by atoms with Crippen molar-refractivity contribution in [3.63, 3.8) is 0 Å². The van der Waals surface area contributed by atoms with Crippen molar-refractivity contribution in [3.8, 4) is 5.75 Å². The van der Waals surface area contributed by atoms with E-state index < -0.39 is 25.5 Å². The average molecular weight is 363 g/mol. The molecule has 0 aromatic heterocycles. The van der Waals surface area contributed by atoms with Gasteiger partial charge in [0.25, 0.3) is 0 Å². The van der Waals surface area contributed by atoms with E-state index in [1.807, 2.05) is 0 Å². The van der Waals surface area contributed by atoms with E-state index >= 15 is 4.39 Å². The molecule has 3 rings (SSSR count). The molecule has 1 saturated carbocycles. The van der Waals surface area contributed by atoms with Gasteiger partial charge < -0.3 is 15.7 Å². The van der Waals surface area contributed by atoms with Gasteiger partial charge in [-0.25, -0.2) is 12.8 Å². The number of sulfone groups is 1. The predicted molar refractivity (Wildman–Crippen MR) is 87.0 cm³/mol. The highest BCUT2D eigenvalue weighted by Gasteiger charge is 2.50. The first-order chi connectivity index (χ1) is 10.8. The number of nitrogen functional groups attached to an aromatic ring is 1. The van der Waals surface area contributed by atoms with Gasteiger partial charge in [0.2, 0.25) is 14.8 Å². The molecule has 23 heavy (non-hydrogen) atoms. The molecule has 0 unspecified atom stereocenters. The molecular weight excluding hydrogens is 343 g/mol. The zero-order chi connectivity index (χ0) is 16.8. The molecule has 0 bridgehead atoms. The smallest absolute Gasteiger partial charge is 0.218 e. The molecular formula is C15H20ClFN2O3S. The van der Waals surface area contributed by atoms with Crippen molar-refractivity contribution >= 4 is 27.1 Å². The molecule has 5 nitrogen and oxygen atoms in total. The number of nitrogens with zero attached hydrogens (tertiary/aromatic N) is 1. The van der Waals surface area contributed by atoms with Gasteiger partial charge in [-0.3, -0.25) is 0 Å². The van der Waals surface area contributed by atoms with E-state index in [1.165, 1.54) is 18.6 Å². The number of halogens is 2. The first kappa shape index (κ1) is 16.8. The number of phenolic OH excluding ortho intramolecular Hbond substituents is 1. The third-order valence-electron chi connectivity index (χ3n) is 5.00. The Labute approximate surface area is 140 Å². The Kier molecular flexibility index (Phi) is 4.23. The van der Waals surface area contributed by atoms with Crippen LogP contribution in [0.15, 0.2) is 17.0 Å². The molecule has 1 aromatic carbocycles. The number of phenols is 1. The summed E-state index contributed by atoms with van der Waals surface area (Å²) in [5.74, 6) is -0.670. The van der Waals surface area contributed by atoms with Crippen LogP contribution in [-0.2, 0) is 9.84 Å². The number of hydrogen-bond acceptors (Lipinski definition) is 5. The van der Waals surface area contributed by atoms with Crippen LogP contribution in [0.1, 0.15) is 32.1 Å². The molecule has 8 heteroatoms. The highest BCUT2D eigenvalue weighted by atomic mass is 35.5. The van der Waals surface area contributed by atoms with Crippen molar-refractivity contribution in [3.05, 3.63) is 17.2 Å². The van der Waals surface area contributed by atoms with E-state index in [1.54, 1.807) is 0 Å². The van der Waals surface area contributed by atoms with Crippen molar-refractivity contribution < 1.29 is 17.9 Å². The number of nitrogens with two attached hydrogens (primary N) is 1. The number of hydrogen-bond donors (Lipinski definition) is 2. The summed E-state index contributed by atoms with van der Waals surface area (Å²) in [5, 5.41) is 7.34. The zero-order valence-electron chi connectivity index (χ0n) is 12.6. The first-order valence-corrected chi connectivity index (χ1v) is 9.57. The number of rotatable bonds is 3. The van der Waals surface area contributed by atoms with Crippen LogP contribution in [0, 0.1) is 0 Å². The second-order valence-corrected chi connectivity index (χ2v) is 8.88. The summed E-state index contributed by atoms with van der Waals surface area (Å²) >= 11 is 5.91. The van der Waals surface area contributed by atoms with Gasteiger partial charge in [-0.1, -0.05) is 18.0 Å². The molecule has 2 aliphatic rings. The highest BCUT2D eigenvalue weighted by Crippen LogP contribution is 2.45. The molecule has 128 valence electrons. The lowest BCUT2D eigenvalue weighted by Gasteiger charge is -2.43. The van der Waals surface area contributed by atoms with E-state index in [4.69, 9.17) is 17.3 Å². The fourth-order valence-electron chi connectivity index (χ4n) is 3.24. The van der Waals surface area contributed by atoms with E-state index in [0.29, 0.717) is 19.1 Å². The largest absolute Gasteiger partial charge is 0.504 e. The van der Waals surface area contributed by atoms with Crippen molar-refractivity contribution in [2.75, 3.05) is 18.8 Å². The summed E-state index contributed by atoms with van der Waals surface area (Å²) in [7, 11) is -4.44. The summed E-state index contributed by atoms with van der Waals surface area (Å²) < 4.78 is 40.8. The van der Waals surface area contributed by atoms with Gasteiger partial charge in [0.05, 0.1) is 10.7 Å². The molecule has 2 fully saturated rings. The van der Waals surface area contributed by atoms with Gasteiger partial charge in [-0.05, 0) is 25.0 Å². The van der Waals surface area contributed by atoms with Crippen LogP contribution in [0.5, 0.6) is 5.75 Å². The molecule has 0 atom stereocenters. The topological polar surface area (TPSA) is 83.6 Å². The lowest BCUT2D eigenvalue weighted by Crippen LogP contribution is -2.51.